The standard InChI is InChI=1S/C19H21N3O3/c23-18-16-12-4-5-13(10-12)17(16)19(24)22(18)20-11-14-6-7-15(25-14)21-8-2-1-3-9-21/h4-7,11-13,16-17H,1-3,8-10H2/b20-11-/t12-,13-,16-,17+/m1/s1. The third-order valence-electron chi connectivity index (χ3n) is 6.03. The Labute approximate surface area is 146 Å². The zero-order valence-corrected chi connectivity index (χ0v) is 14.0. The van der Waals surface area contributed by atoms with Crippen LogP contribution >= 0.6 is 0 Å². The lowest BCUT2D eigenvalue weighted by molar-refractivity contribution is -0.140. The number of imide groups is 1. The molecular formula is C19H21N3O3. The minimum Gasteiger partial charge on any atom is -0.440 e. The van der Waals surface area contributed by atoms with Crippen LogP contribution < -0.4 is 4.90 Å². The summed E-state index contributed by atoms with van der Waals surface area (Å²) in [5.41, 5.74) is 0. The number of anilines is 1. The van der Waals surface area contributed by atoms with Gasteiger partial charge in [0.25, 0.3) is 11.8 Å². The van der Waals surface area contributed by atoms with Crippen molar-refractivity contribution in [2.75, 3.05) is 18.0 Å². The van der Waals surface area contributed by atoms with Gasteiger partial charge in [0.15, 0.2) is 5.88 Å². The highest BCUT2D eigenvalue weighted by molar-refractivity contribution is 6.06. The smallest absolute Gasteiger partial charge is 0.254 e. The van der Waals surface area contributed by atoms with E-state index in [4.69, 9.17) is 4.42 Å². The van der Waals surface area contributed by atoms with Crippen LogP contribution in [0.15, 0.2) is 33.8 Å². The predicted molar refractivity (Wildman–Crippen MR) is 91.9 cm³/mol. The first-order valence-electron chi connectivity index (χ1n) is 9.17. The molecule has 1 aromatic heterocycles. The summed E-state index contributed by atoms with van der Waals surface area (Å²) in [5.74, 6) is 1.08. The number of fused-ring (bicyclic) bond motifs is 5. The molecule has 3 fully saturated rings. The number of carbonyl (C=O) groups excluding carboxylic acids is 2. The predicted octanol–water partition coefficient (Wildman–Crippen LogP) is 2.41. The van der Waals surface area contributed by atoms with Crippen LogP contribution in [-0.4, -0.2) is 36.1 Å². The molecule has 0 aromatic carbocycles. The van der Waals surface area contributed by atoms with Crippen molar-refractivity contribution in [3.05, 3.63) is 30.0 Å². The normalized spacial score (nSPS) is 33.9. The Morgan fingerprint density at radius 3 is 2.36 bits per heavy atom. The Morgan fingerprint density at radius 2 is 1.68 bits per heavy atom. The first-order valence-corrected chi connectivity index (χ1v) is 9.17. The van der Waals surface area contributed by atoms with Gasteiger partial charge in [-0.05, 0) is 43.6 Å². The Morgan fingerprint density at radius 1 is 1.00 bits per heavy atom. The topological polar surface area (TPSA) is 66.1 Å². The van der Waals surface area contributed by atoms with Crippen molar-refractivity contribution in [1.29, 1.82) is 0 Å². The molecule has 0 N–H and O–H groups in total. The van der Waals surface area contributed by atoms with Crippen LogP contribution in [0.5, 0.6) is 0 Å². The Bertz CT molecular complexity index is 745. The number of allylic oxidation sites excluding steroid dienone is 2. The van der Waals surface area contributed by atoms with Crippen molar-refractivity contribution in [3.8, 4) is 0 Å². The second kappa shape index (κ2) is 5.58. The fraction of sp³-hybridized carbons (Fsp3) is 0.526. The molecule has 25 heavy (non-hydrogen) atoms. The van der Waals surface area contributed by atoms with Crippen molar-refractivity contribution >= 4 is 23.9 Å². The zero-order valence-electron chi connectivity index (χ0n) is 14.0. The van der Waals surface area contributed by atoms with Crippen LogP contribution in [0.2, 0.25) is 0 Å². The summed E-state index contributed by atoms with van der Waals surface area (Å²) in [5, 5.41) is 5.22. The van der Waals surface area contributed by atoms with E-state index >= 15 is 0 Å². The van der Waals surface area contributed by atoms with E-state index in [1.807, 2.05) is 12.1 Å². The molecule has 2 bridgehead atoms. The van der Waals surface area contributed by atoms with Gasteiger partial charge in [-0.25, -0.2) is 0 Å². The largest absolute Gasteiger partial charge is 0.440 e. The Balaban J connectivity index is 1.32. The average molecular weight is 339 g/mol. The highest BCUT2D eigenvalue weighted by Gasteiger charge is 2.59. The number of nitrogens with zero attached hydrogens (tertiary/aromatic N) is 3. The summed E-state index contributed by atoms with van der Waals surface area (Å²) in [4.78, 5) is 27.4. The van der Waals surface area contributed by atoms with Gasteiger partial charge >= 0.3 is 0 Å². The molecule has 0 radical (unpaired) electrons. The second-order valence-corrected chi connectivity index (χ2v) is 7.46. The Hall–Kier alpha value is -2.37. The van der Waals surface area contributed by atoms with Crippen LogP contribution in [0.3, 0.4) is 0 Å². The minimum absolute atomic E-state index is 0.161. The number of hydrogen-bond donors (Lipinski definition) is 0. The monoisotopic (exact) mass is 339 g/mol. The molecule has 2 amide bonds. The second-order valence-electron chi connectivity index (χ2n) is 7.46. The molecule has 4 atom stereocenters. The number of carbonyl (C=O) groups is 2. The van der Waals surface area contributed by atoms with Gasteiger partial charge in [-0.3, -0.25) is 9.59 Å². The van der Waals surface area contributed by atoms with Gasteiger partial charge in [0, 0.05) is 19.2 Å². The van der Waals surface area contributed by atoms with E-state index in [0.717, 1.165) is 30.4 Å². The van der Waals surface area contributed by atoms with Crippen molar-refractivity contribution in [1.82, 2.24) is 5.01 Å². The van der Waals surface area contributed by atoms with E-state index < -0.39 is 0 Å². The lowest BCUT2D eigenvalue weighted by atomic mass is 9.85. The lowest BCUT2D eigenvalue weighted by Crippen LogP contribution is -2.28. The van der Waals surface area contributed by atoms with Gasteiger partial charge in [0.05, 0.1) is 18.1 Å². The fourth-order valence-corrected chi connectivity index (χ4v) is 4.81. The third kappa shape index (κ3) is 2.27. The molecule has 1 saturated carbocycles. The molecule has 0 spiro atoms. The molecular weight excluding hydrogens is 318 g/mol. The van der Waals surface area contributed by atoms with Crippen molar-refractivity contribution in [2.24, 2.45) is 28.8 Å². The highest BCUT2D eigenvalue weighted by Crippen LogP contribution is 2.52. The SMILES string of the molecule is O=C1[C@@H]2[C@H](C(=O)N1/N=C\c1ccc(N3CCCCC3)o1)[C@@H]1C=C[C@@H]2C1. The van der Waals surface area contributed by atoms with E-state index in [0.29, 0.717) is 5.76 Å². The van der Waals surface area contributed by atoms with E-state index in [-0.39, 0.29) is 35.5 Å². The zero-order chi connectivity index (χ0) is 17.0. The van der Waals surface area contributed by atoms with E-state index in [9.17, 15) is 9.59 Å². The summed E-state index contributed by atoms with van der Waals surface area (Å²) in [6, 6.07) is 3.77. The molecule has 2 aliphatic heterocycles. The fourth-order valence-electron chi connectivity index (χ4n) is 4.81. The maximum atomic E-state index is 12.6. The number of amides is 2. The number of rotatable bonds is 3. The molecule has 2 saturated heterocycles. The molecule has 1 aromatic rings. The van der Waals surface area contributed by atoms with Crippen molar-refractivity contribution in [2.45, 2.75) is 25.7 Å². The van der Waals surface area contributed by atoms with Crippen molar-refractivity contribution in [3.63, 3.8) is 0 Å². The molecule has 6 heteroatoms. The lowest BCUT2D eigenvalue weighted by Gasteiger charge is -2.25. The summed E-state index contributed by atoms with van der Waals surface area (Å²) >= 11 is 0. The molecule has 4 aliphatic rings. The summed E-state index contributed by atoms with van der Waals surface area (Å²) < 4.78 is 5.82. The summed E-state index contributed by atoms with van der Waals surface area (Å²) in [6.07, 6.45) is 10.2. The van der Waals surface area contributed by atoms with Gasteiger partial charge in [0.2, 0.25) is 0 Å². The molecule has 130 valence electrons. The maximum Gasteiger partial charge on any atom is 0.254 e. The number of piperidine rings is 1. The summed E-state index contributed by atoms with van der Waals surface area (Å²) in [7, 11) is 0. The number of hydrazone groups is 1. The van der Waals surface area contributed by atoms with Gasteiger partial charge in [-0.15, -0.1) is 0 Å². The Kier molecular flexibility index (Phi) is 3.33. The quantitative estimate of drug-likeness (QED) is 0.482. The van der Waals surface area contributed by atoms with E-state index in [1.54, 1.807) is 0 Å². The van der Waals surface area contributed by atoms with Crippen LogP contribution in [0.25, 0.3) is 0 Å². The first-order chi connectivity index (χ1) is 12.2. The minimum atomic E-state index is -0.208. The molecule has 5 rings (SSSR count). The van der Waals surface area contributed by atoms with E-state index in [2.05, 4.69) is 22.2 Å². The molecule has 3 heterocycles. The van der Waals surface area contributed by atoms with Crippen molar-refractivity contribution < 1.29 is 14.0 Å². The van der Waals surface area contributed by atoms with Crippen LogP contribution in [0, 0.1) is 23.7 Å². The van der Waals surface area contributed by atoms with E-state index in [1.165, 1.54) is 25.5 Å². The first kappa shape index (κ1) is 14.9. The number of hydrogen-bond acceptors (Lipinski definition) is 5. The third-order valence-corrected chi connectivity index (χ3v) is 6.03. The highest BCUT2D eigenvalue weighted by atomic mass is 16.4. The molecule has 6 nitrogen and oxygen atoms in total. The molecule has 2 aliphatic carbocycles. The average Bonchev–Trinajstić information content (AvgIpc) is 3.40. The van der Waals surface area contributed by atoms with Gasteiger partial charge < -0.3 is 9.32 Å². The molecule has 0 unspecified atom stereocenters. The van der Waals surface area contributed by atoms with Crippen LogP contribution in [0.1, 0.15) is 31.4 Å². The number of furan rings is 1. The maximum absolute atomic E-state index is 12.6. The van der Waals surface area contributed by atoms with Gasteiger partial charge in [0.1, 0.15) is 5.76 Å². The van der Waals surface area contributed by atoms with Gasteiger partial charge in [-0.1, -0.05) is 12.2 Å². The van der Waals surface area contributed by atoms with Crippen LogP contribution in [0.4, 0.5) is 5.88 Å². The van der Waals surface area contributed by atoms with Crippen LogP contribution in [-0.2, 0) is 9.59 Å². The summed E-state index contributed by atoms with van der Waals surface area (Å²) in [6.45, 7) is 2.01. The van der Waals surface area contributed by atoms with Gasteiger partial charge in [-0.2, -0.15) is 10.1 Å².